The summed E-state index contributed by atoms with van der Waals surface area (Å²) in [5, 5.41) is 0. The summed E-state index contributed by atoms with van der Waals surface area (Å²) in [6.07, 6.45) is 64.1. The molecule has 2 nitrogen and oxygen atoms in total. The highest BCUT2D eigenvalue weighted by molar-refractivity contribution is 5.73. The molecule has 0 spiro atoms. The van der Waals surface area contributed by atoms with Crippen molar-refractivity contribution in [1.29, 1.82) is 0 Å². The van der Waals surface area contributed by atoms with E-state index in [9.17, 15) is 4.79 Å². The molecule has 0 atom stereocenters. The smallest absolute Gasteiger partial charge is 0.217 e. The van der Waals surface area contributed by atoms with Gasteiger partial charge in [0.1, 0.15) is 0 Å². The Morgan fingerprint density at radius 2 is 0.367 bits per heavy atom. The number of carbonyl (C=O) groups is 1. The van der Waals surface area contributed by atoms with Gasteiger partial charge in [-0.2, -0.15) is 0 Å². The van der Waals surface area contributed by atoms with Crippen LogP contribution in [0, 0.1) is 0 Å². The van der Waals surface area contributed by atoms with Crippen molar-refractivity contribution in [2.24, 2.45) is 5.73 Å². The first-order valence-electron chi connectivity index (χ1n) is 23.6. The molecule has 0 aliphatic rings. The van der Waals surface area contributed by atoms with Crippen molar-refractivity contribution in [3.05, 3.63) is 0 Å². The maximum atomic E-state index is 10.7. The lowest BCUT2D eigenvalue weighted by Crippen LogP contribution is -2.09. The molecule has 0 aromatic carbocycles. The zero-order valence-electron chi connectivity index (χ0n) is 34.3. The Balaban J connectivity index is 3.05. The molecular weight excluding hydrogens is 595 g/mol. The van der Waals surface area contributed by atoms with Crippen LogP contribution in [-0.4, -0.2) is 5.91 Å². The molecule has 0 rings (SSSR count). The maximum absolute atomic E-state index is 10.7. The van der Waals surface area contributed by atoms with Crippen LogP contribution < -0.4 is 5.73 Å². The lowest BCUT2D eigenvalue weighted by molar-refractivity contribution is -0.118. The van der Waals surface area contributed by atoms with E-state index in [-0.39, 0.29) is 5.91 Å². The number of carbonyl (C=O) groups excluding carboxylic acids is 1. The Kier molecular flexibility index (Phi) is 45.0. The molecule has 49 heavy (non-hydrogen) atoms. The minimum Gasteiger partial charge on any atom is -0.370 e. The fourth-order valence-corrected chi connectivity index (χ4v) is 7.80. The largest absolute Gasteiger partial charge is 0.370 e. The van der Waals surface area contributed by atoms with Gasteiger partial charge in [-0.1, -0.05) is 283 Å². The summed E-state index contributed by atoms with van der Waals surface area (Å²) in [6, 6.07) is 0. The number of primary amides is 1. The average molecular weight is 690 g/mol. The summed E-state index contributed by atoms with van der Waals surface area (Å²) < 4.78 is 0. The van der Waals surface area contributed by atoms with Crippen molar-refractivity contribution in [3.63, 3.8) is 0 Å². The molecule has 0 saturated carbocycles. The summed E-state index contributed by atoms with van der Waals surface area (Å²) in [5.41, 5.74) is 5.19. The monoisotopic (exact) mass is 690 g/mol. The molecule has 2 N–H and O–H groups in total. The summed E-state index contributed by atoms with van der Waals surface area (Å²) in [4.78, 5) is 10.7. The highest BCUT2D eigenvalue weighted by atomic mass is 16.1. The lowest BCUT2D eigenvalue weighted by Gasteiger charge is -2.05. The van der Waals surface area contributed by atoms with Crippen molar-refractivity contribution in [3.8, 4) is 0 Å². The van der Waals surface area contributed by atoms with Crippen molar-refractivity contribution in [1.82, 2.24) is 0 Å². The van der Waals surface area contributed by atoms with Gasteiger partial charge in [0.25, 0.3) is 0 Å². The fourth-order valence-electron chi connectivity index (χ4n) is 7.80. The van der Waals surface area contributed by atoms with Crippen molar-refractivity contribution in [2.45, 2.75) is 296 Å². The molecule has 2 heteroatoms. The molecule has 0 aliphatic carbocycles. The molecule has 0 unspecified atom stereocenters. The van der Waals surface area contributed by atoms with Crippen LogP contribution in [0.4, 0.5) is 0 Å². The number of hydrogen-bond acceptors (Lipinski definition) is 1. The van der Waals surface area contributed by atoms with Gasteiger partial charge in [-0.15, -0.1) is 0 Å². The van der Waals surface area contributed by atoms with E-state index in [1.165, 1.54) is 276 Å². The summed E-state index contributed by atoms with van der Waals surface area (Å²) in [5.74, 6) is -0.146. The normalized spacial score (nSPS) is 11.5. The predicted octanol–water partition coefficient (Wildman–Crippen LogP) is 17.0. The number of rotatable bonds is 45. The number of hydrogen-bond donors (Lipinski definition) is 1. The predicted molar refractivity (Wildman–Crippen MR) is 223 cm³/mol. The minimum atomic E-state index is -0.146. The summed E-state index contributed by atoms with van der Waals surface area (Å²) in [6.45, 7) is 2.31. The Hall–Kier alpha value is -0.530. The van der Waals surface area contributed by atoms with Gasteiger partial charge in [0, 0.05) is 6.42 Å². The highest BCUT2D eigenvalue weighted by Crippen LogP contribution is 2.18. The van der Waals surface area contributed by atoms with Gasteiger partial charge in [0.2, 0.25) is 5.91 Å². The van der Waals surface area contributed by atoms with Crippen LogP contribution in [0.15, 0.2) is 0 Å². The molecule has 0 saturated heterocycles. The topological polar surface area (TPSA) is 43.1 Å². The van der Waals surface area contributed by atoms with Crippen LogP contribution in [0.25, 0.3) is 0 Å². The number of amides is 1. The lowest BCUT2D eigenvalue weighted by atomic mass is 10.0. The van der Waals surface area contributed by atoms with Crippen LogP contribution in [0.1, 0.15) is 296 Å². The van der Waals surface area contributed by atoms with E-state index in [4.69, 9.17) is 5.73 Å². The Bertz CT molecular complexity index is 589. The SMILES string of the molecule is CCCCCCCCCCCCCCCCCCCCCCCCCCCCCCCCCCCCCCCCCCCCCCC(N)=O. The number of nitrogens with two attached hydrogens (primary N) is 1. The highest BCUT2D eigenvalue weighted by Gasteiger charge is 1.99. The van der Waals surface area contributed by atoms with Gasteiger partial charge in [-0.05, 0) is 6.42 Å². The molecule has 0 bridgehead atoms. The van der Waals surface area contributed by atoms with Gasteiger partial charge in [-0.25, -0.2) is 0 Å². The van der Waals surface area contributed by atoms with Crippen LogP contribution in [0.5, 0.6) is 0 Å². The molecular formula is C47H95NO. The van der Waals surface area contributed by atoms with Gasteiger partial charge in [0.15, 0.2) is 0 Å². The first-order valence-corrected chi connectivity index (χ1v) is 23.6. The maximum Gasteiger partial charge on any atom is 0.217 e. The van der Waals surface area contributed by atoms with Crippen LogP contribution in [-0.2, 0) is 4.79 Å². The van der Waals surface area contributed by atoms with Crippen LogP contribution in [0.2, 0.25) is 0 Å². The molecule has 0 heterocycles. The van der Waals surface area contributed by atoms with Crippen molar-refractivity contribution >= 4 is 5.91 Å². The van der Waals surface area contributed by atoms with Crippen molar-refractivity contribution < 1.29 is 4.79 Å². The molecule has 1 amide bonds. The average Bonchev–Trinajstić information content (AvgIpc) is 3.10. The number of unbranched alkanes of at least 4 members (excludes halogenated alkanes) is 43. The minimum absolute atomic E-state index is 0.146. The van der Waals surface area contributed by atoms with Crippen LogP contribution in [0.3, 0.4) is 0 Å². The Labute approximate surface area is 311 Å². The third-order valence-corrected chi connectivity index (χ3v) is 11.3. The second kappa shape index (κ2) is 45.5. The molecule has 0 aromatic rings. The first-order chi connectivity index (χ1) is 24.3. The molecule has 294 valence electrons. The van der Waals surface area contributed by atoms with Gasteiger partial charge in [0.05, 0.1) is 0 Å². The quantitative estimate of drug-likeness (QED) is 0.0635. The van der Waals surface area contributed by atoms with E-state index in [0.717, 1.165) is 6.42 Å². The summed E-state index contributed by atoms with van der Waals surface area (Å²) in [7, 11) is 0. The second-order valence-electron chi connectivity index (χ2n) is 16.4. The van der Waals surface area contributed by atoms with Gasteiger partial charge in [-0.3, -0.25) is 4.79 Å². The van der Waals surface area contributed by atoms with E-state index < -0.39 is 0 Å². The summed E-state index contributed by atoms with van der Waals surface area (Å²) >= 11 is 0. The van der Waals surface area contributed by atoms with Crippen molar-refractivity contribution in [2.75, 3.05) is 0 Å². The van der Waals surface area contributed by atoms with E-state index in [1.54, 1.807) is 0 Å². The third kappa shape index (κ3) is 47.5. The molecule has 0 fully saturated rings. The first kappa shape index (κ1) is 48.5. The molecule has 0 aromatic heterocycles. The zero-order chi connectivity index (χ0) is 35.4. The van der Waals surface area contributed by atoms with Gasteiger partial charge >= 0.3 is 0 Å². The van der Waals surface area contributed by atoms with E-state index in [2.05, 4.69) is 6.92 Å². The van der Waals surface area contributed by atoms with E-state index in [0.29, 0.717) is 6.42 Å². The molecule has 0 aliphatic heterocycles. The van der Waals surface area contributed by atoms with E-state index >= 15 is 0 Å². The second-order valence-corrected chi connectivity index (χ2v) is 16.4. The fraction of sp³-hybridized carbons (Fsp3) is 0.979. The van der Waals surface area contributed by atoms with Gasteiger partial charge < -0.3 is 5.73 Å². The Morgan fingerprint density at radius 1 is 0.245 bits per heavy atom. The van der Waals surface area contributed by atoms with E-state index in [1.807, 2.05) is 0 Å². The standard InChI is InChI=1S/C47H95NO/c1-2-3-4-5-6-7-8-9-10-11-12-13-14-15-16-17-18-19-20-21-22-23-24-25-26-27-28-29-30-31-32-33-34-35-36-37-38-39-40-41-42-43-44-45-46-47(48)49/h2-46H2,1H3,(H2,48,49). The molecule has 0 radical (unpaired) electrons. The Morgan fingerprint density at radius 3 is 0.490 bits per heavy atom. The zero-order valence-corrected chi connectivity index (χ0v) is 34.3. The van der Waals surface area contributed by atoms with Crippen LogP contribution >= 0.6 is 0 Å². The third-order valence-electron chi connectivity index (χ3n) is 11.3.